The number of aromatic nitrogens is 1. The highest BCUT2D eigenvalue weighted by Gasteiger charge is 2.10. The molecule has 0 saturated carbocycles. The van der Waals surface area contributed by atoms with Crippen LogP contribution in [-0.2, 0) is 13.1 Å². The molecule has 26 heavy (non-hydrogen) atoms. The zero-order valence-electron chi connectivity index (χ0n) is 15.1. The van der Waals surface area contributed by atoms with E-state index in [0.29, 0.717) is 12.2 Å². The Bertz CT molecular complexity index is 877. The molecule has 4 heteroatoms. The number of pyridine rings is 1. The number of carbonyl (C=O) groups excluding carboxylic acids is 1. The van der Waals surface area contributed by atoms with Crippen LogP contribution in [0.3, 0.4) is 0 Å². The molecule has 0 aliphatic rings. The lowest BCUT2D eigenvalue weighted by atomic mass is 10.1. The molecule has 132 valence electrons. The molecular formula is C22H23N3O. The summed E-state index contributed by atoms with van der Waals surface area (Å²) in [7, 11) is 2.01. The Balaban J connectivity index is 1.66. The van der Waals surface area contributed by atoms with Gasteiger partial charge in [-0.25, -0.2) is 0 Å². The molecule has 0 spiro atoms. The summed E-state index contributed by atoms with van der Waals surface area (Å²) in [6, 6.07) is 22.0. The summed E-state index contributed by atoms with van der Waals surface area (Å²) in [5, 5.41) is 2.95. The summed E-state index contributed by atoms with van der Waals surface area (Å²) >= 11 is 0. The highest BCUT2D eigenvalue weighted by atomic mass is 16.1. The van der Waals surface area contributed by atoms with Crippen LogP contribution in [0.1, 0.15) is 27.2 Å². The van der Waals surface area contributed by atoms with Gasteiger partial charge >= 0.3 is 0 Å². The van der Waals surface area contributed by atoms with Crippen molar-refractivity contribution in [3.8, 4) is 0 Å². The number of hydrogen-bond donors (Lipinski definition) is 1. The first-order valence-corrected chi connectivity index (χ1v) is 8.67. The van der Waals surface area contributed by atoms with Gasteiger partial charge in [0, 0.05) is 32.0 Å². The molecule has 1 aromatic heterocycles. The van der Waals surface area contributed by atoms with Gasteiger partial charge in [0.25, 0.3) is 5.91 Å². The van der Waals surface area contributed by atoms with Gasteiger partial charge in [0.1, 0.15) is 5.69 Å². The lowest BCUT2D eigenvalue weighted by molar-refractivity contribution is 0.0946. The molecule has 0 radical (unpaired) electrons. The van der Waals surface area contributed by atoms with Crippen molar-refractivity contribution in [3.63, 3.8) is 0 Å². The van der Waals surface area contributed by atoms with Crippen LogP contribution in [0.2, 0.25) is 0 Å². The standard InChI is InChI=1S/C22H23N3O/c1-17-8-6-7-11-19(17)15-24-22(26)21-14-20(12-13-23-21)25(2)16-18-9-4-3-5-10-18/h3-14H,15-16H2,1-2H3,(H,24,26). The van der Waals surface area contributed by atoms with Crippen LogP contribution in [0.4, 0.5) is 5.69 Å². The number of nitrogens with zero attached hydrogens (tertiary/aromatic N) is 2. The Morgan fingerprint density at radius 1 is 1.04 bits per heavy atom. The van der Waals surface area contributed by atoms with E-state index in [2.05, 4.69) is 27.3 Å². The molecule has 0 bridgehead atoms. The van der Waals surface area contributed by atoms with Gasteiger partial charge < -0.3 is 10.2 Å². The first kappa shape index (κ1) is 17.7. The second kappa shape index (κ2) is 8.30. The van der Waals surface area contributed by atoms with Gasteiger partial charge in [-0.3, -0.25) is 9.78 Å². The quantitative estimate of drug-likeness (QED) is 0.735. The number of anilines is 1. The number of carbonyl (C=O) groups is 1. The van der Waals surface area contributed by atoms with E-state index in [1.165, 1.54) is 5.56 Å². The SMILES string of the molecule is Cc1ccccc1CNC(=O)c1cc(N(C)Cc2ccccc2)ccn1. The van der Waals surface area contributed by atoms with Crippen molar-refractivity contribution < 1.29 is 4.79 Å². The minimum absolute atomic E-state index is 0.164. The van der Waals surface area contributed by atoms with E-state index in [1.54, 1.807) is 6.20 Å². The van der Waals surface area contributed by atoms with Gasteiger partial charge in [-0.1, -0.05) is 54.6 Å². The number of rotatable bonds is 6. The molecule has 0 saturated heterocycles. The first-order chi connectivity index (χ1) is 12.6. The number of nitrogens with one attached hydrogen (secondary N) is 1. The maximum atomic E-state index is 12.5. The Morgan fingerprint density at radius 3 is 2.54 bits per heavy atom. The molecular weight excluding hydrogens is 322 g/mol. The van der Waals surface area contributed by atoms with E-state index in [0.717, 1.165) is 23.4 Å². The van der Waals surface area contributed by atoms with E-state index in [4.69, 9.17) is 0 Å². The predicted octanol–water partition coefficient (Wildman–Crippen LogP) is 3.96. The van der Waals surface area contributed by atoms with Crippen LogP contribution in [0.5, 0.6) is 0 Å². The van der Waals surface area contributed by atoms with Crippen molar-refractivity contribution in [2.45, 2.75) is 20.0 Å². The Kier molecular flexibility index (Phi) is 5.64. The molecule has 3 rings (SSSR count). The summed E-state index contributed by atoms with van der Waals surface area (Å²) in [5.41, 5.74) is 4.88. The largest absolute Gasteiger partial charge is 0.370 e. The molecule has 1 N–H and O–H groups in total. The number of amides is 1. The van der Waals surface area contributed by atoms with E-state index in [9.17, 15) is 4.79 Å². The first-order valence-electron chi connectivity index (χ1n) is 8.67. The Morgan fingerprint density at radius 2 is 1.77 bits per heavy atom. The van der Waals surface area contributed by atoms with Crippen LogP contribution in [0.15, 0.2) is 72.9 Å². The second-order valence-electron chi connectivity index (χ2n) is 6.35. The maximum absolute atomic E-state index is 12.5. The second-order valence-corrected chi connectivity index (χ2v) is 6.35. The van der Waals surface area contributed by atoms with Gasteiger partial charge in [-0.2, -0.15) is 0 Å². The van der Waals surface area contributed by atoms with Crippen LogP contribution in [-0.4, -0.2) is 17.9 Å². The van der Waals surface area contributed by atoms with Crippen molar-refractivity contribution in [2.24, 2.45) is 0 Å². The van der Waals surface area contributed by atoms with E-state index in [-0.39, 0.29) is 5.91 Å². The number of aryl methyl sites for hydroxylation is 1. The van der Waals surface area contributed by atoms with Crippen LogP contribution in [0.25, 0.3) is 0 Å². The molecule has 1 heterocycles. The summed E-state index contributed by atoms with van der Waals surface area (Å²) in [5.74, 6) is -0.164. The molecule has 2 aromatic carbocycles. The van der Waals surface area contributed by atoms with Crippen molar-refractivity contribution in [2.75, 3.05) is 11.9 Å². The number of benzene rings is 2. The fourth-order valence-electron chi connectivity index (χ4n) is 2.80. The molecule has 0 aliphatic heterocycles. The fraction of sp³-hybridized carbons (Fsp3) is 0.182. The van der Waals surface area contributed by atoms with Gasteiger partial charge in [-0.05, 0) is 35.7 Å². The average molecular weight is 345 g/mol. The zero-order valence-corrected chi connectivity index (χ0v) is 15.1. The highest BCUT2D eigenvalue weighted by Crippen LogP contribution is 2.16. The van der Waals surface area contributed by atoms with Crippen molar-refractivity contribution in [1.29, 1.82) is 0 Å². The molecule has 4 nitrogen and oxygen atoms in total. The monoisotopic (exact) mass is 345 g/mol. The third-order valence-corrected chi connectivity index (χ3v) is 4.38. The molecule has 0 fully saturated rings. The molecule has 0 atom stereocenters. The normalized spacial score (nSPS) is 10.4. The fourth-order valence-corrected chi connectivity index (χ4v) is 2.80. The Labute approximate surface area is 154 Å². The Hall–Kier alpha value is -3.14. The van der Waals surface area contributed by atoms with Crippen molar-refractivity contribution in [3.05, 3.63) is 95.3 Å². The van der Waals surface area contributed by atoms with Crippen LogP contribution < -0.4 is 10.2 Å². The smallest absolute Gasteiger partial charge is 0.270 e. The lowest BCUT2D eigenvalue weighted by Gasteiger charge is -2.19. The van der Waals surface area contributed by atoms with E-state index >= 15 is 0 Å². The zero-order chi connectivity index (χ0) is 18.4. The van der Waals surface area contributed by atoms with Crippen molar-refractivity contribution in [1.82, 2.24) is 10.3 Å². The molecule has 3 aromatic rings. The van der Waals surface area contributed by atoms with Crippen molar-refractivity contribution >= 4 is 11.6 Å². The summed E-state index contributed by atoms with van der Waals surface area (Å²) in [6.07, 6.45) is 1.68. The van der Waals surface area contributed by atoms with Gasteiger partial charge in [-0.15, -0.1) is 0 Å². The minimum atomic E-state index is -0.164. The lowest BCUT2D eigenvalue weighted by Crippen LogP contribution is -2.25. The summed E-state index contributed by atoms with van der Waals surface area (Å²) in [6.45, 7) is 3.31. The predicted molar refractivity (Wildman–Crippen MR) is 105 cm³/mol. The average Bonchev–Trinajstić information content (AvgIpc) is 2.68. The maximum Gasteiger partial charge on any atom is 0.270 e. The van der Waals surface area contributed by atoms with E-state index in [1.807, 2.05) is 68.6 Å². The van der Waals surface area contributed by atoms with Crippen LogP contribution >= 0.6 is 0 Å². The minimum Gasteiger partial charge on any atom is -0.370 e. The number of hydrogen-bond acceptors (Lipinski definition) is 3. The molecule has 0 unspecified atom stereocenters. The highest BCUT2D eigenvalue weighted by molar-refractivity contribution is 5.93. The summed E-state index contributed by atoms with van der Waals surface area (Å²) < 4.78 is 0. The summed E-state index contributed by atoms with van der Waals surface area (Å²) in [4.78, 5) is 18.8. The van der Waals surface area contributed by atoms with Gasteiger partial charge in [0.2, 0.25) is 0 Å². The van der Waals surface area contributed by atoms with Gasteiger partial charge in [0.05, 0.1) is 0 Å². The molecule has 1 amide bonds. The third kappa shape index (κ3) is 4.48. The van der Waals surface area contributed by atoms with E-state index < -0.39 is 0 Å². The third-order valence-electron chi connectivity index (χ3n) is 4.38. The molecule has 0 aliphatic carbocycles. The van der Waals surface area contributed by atoms with Crippen LogP contribution in [0, 0.1) is 6.92 Å². The van der Waals surface area contributed by atoms with Gasteiger partial charge in [0.15, 0.2) is 0 Å². The topological polar surface area (TPSA) is 45.2 Å².